The molecule has 1 N–H and O–H groups in total. The molecule has 1 aliphatic carbocycles. The van der Waals surface area contributed by atoms with Crippen molar-refractivity contribution >= 4 is 35.6 Å². The van der Waals surface area contributed by atoms with Gasteiger partial charge in [-0.1, -0.05) is 100 Å². The second-order valence-corrected chi connectivity index (χ2v) is 10.8. The van der Waals surface area contributed by atoms with Gasteiger partial charge in [0.2, 0.25) is 0 Å². The molecule has 0 aliphatic heterocycles. The Morgan fingerprint density at radius 1 is 1.09 bits per heavy atom. The first-order valence-corrected chi connectivity index (χ1v) is 13.1. The fourth-order valence-corrected chi connectivity index (χ4v) is 5.64. The Morgan fingerprint density at radius 2 is 1.79 bits per heavy atom. The number of carbonyl (C=O) groups is 2. The van der Waals surface area contributed by atoms with Gasteiger partial charge in [-0.3, -0.25) is 9.52 Å². The Kier molecular flexibility index (Phi) is 9.72. The van der Waals surface area contributed by atoms with Crippen LogP contribution in [0.1, 0.15) is 69.6 Å². The first-order valence-electron chi connectivity index (χ1n) is 11.8. The average Bonchev–Trinajstić information content (AvgIpc) is 2.85. The summed E-state index contributed by atoms with van der Waals surface area (Å²) in [7, 11) is 1.38. The number of amides is 1. The summed E-state index contributed by atoms with van der Waals surface area (Å²) in [5.41, 5.74) is 1.27. The van der Waals surface area contributed by atoms with Crippen LogP contribution in [0.4, 0.5) is 4.79 Å². The first kappa shape index (κ1) is 26.4. The van der Waals surface area contributed by atoms with Crippen LogP contribution in [0.2, 0.25) is 5.02 Å². The number of benzene rings is 2. The number of hydrogen-bond donors (Lipinski definition) is 1. The lowest BCUT2D eigenvalue weighted by molar-refractivity contribution is -0.140. The maximum Gasteiger partial charge on any atom is 0.417 e. The maximum absolute atomic E-state index is 12.9. The highest BCUT2D eigenvalue weighted by atomic mass is 35.5. The standard InChI is InChI=1S/C27H34ClNO4S/c1-27(2,21-15-10-16-22(28)18-21)24(20-13-8-5-9-14-20)33-26(31)29-34-23(25(30)32-3)17-19-11-6-4-7-12-19/h5,8-10,13-16,18-19,23-24H,4,6-7,11-12,17H2,1-3H3,(H,29,31)/t23-,24?/m0/s1. The van der Waals surface area contributed by atoms with E-state index in [1.165, 1.54) is 26.4 Å². The van der Waals surface area contributed by atoms with Crippen LogP contribution in [0.25, 0.3) is 0 Å². The third-order valence-corrected chi connectivity index (χ3v) is 7.76. The van der Waals surface area contributed by atoms with E-state index in [0.29, 0.717) is 17.4 Å². The van der Waals surface area contributed by atoms with Gasteiger partial charge < -0.3 is 9.47 Å². The molecule has 3 rings (SSSR count). The van der Waals surface area contributed by atoms with Gasteiger partial charge in [-0.25, -0.2) is 4.79 Å². The number of carbonyl (C=O) groups excluding carboxylic acids is 2. The molecule has 0 saturated heterocycles. The van der Waals surface area contributed by atoms with E-state index in [1.54, 1.807) is 0 Å². The Labute approximate surface area is 212 Å². The zero-order valence-corrected chi connectivity index (χ0v) is 21.7. The van der Waals surface area contributed by atoms with Crippen molar-refractivity contribution in [2.45, 2.75) is 69.1 Å². The number of esters is 1. The zero-order chi connectivity index (χ0) is 24.6. The number of ether oxygens (including phenoxy) is 2. The molecule has 5 nitrogen and oxygen atoms in total. The van der Waals surface area contributed by atoms with Crippen molar-refractivity contribution < 1.29 is 19.1 Å². The van der Waals surface area contributed by atoms with Crippen LogP contribution in [-0.2, 0) is 19.7 Å². The molecule has 34 heavy (non-hydrogen) atoms. The summed E-state index contributed by atoms with van der Waals surface area (Å²) in [5.74, 6) is 0.150. The topological polar surface area (TPSA) is 64.6 Å². The largest absolute Gasteiger partial charge is 0.468 e. The van der Waals surface area contributed by atoms with E-state index in [9.17, 15) is 9.59 Å². The van der Waals surface area contributed by atoms with Gasteiger partial charge in [0.15, 0.2) is 0 Å². The van der Waals surface area contributed by atoms with E-state index >= 15 is 0 Å². The molecule has 7 heteroatoms. The molecule has 1 fully saturated rings. The lowest BCUT2D eigenvalue weighted by Gasteiger charge is -2.35. The number of methoxy groups -OCH3 is 1. The lowest BCUT2D eigenvalue weighted by atomic mass is 9.76. The van der Waals surface area contributed by atoms with Gasteiger partial charge in [0.05, 0.1) is 7.11 Å². The van der Waals surface area contributed by atoms with Crippen molar-refractivity contribution in [2.75, 3.05) is 7.11 Å². The summed E-state index contributed by atoms with van der Waals surface area (Å²) in [6.07, 6.45) is 5.39. The molecule has 1 aliphatic rings. The molecular weight excluding hydrogens is 470 g/mol. The van der Waals surface area contributed by atoms with Crippen LogP contribution < -0.4 is 4.72 Å². The van der Waals surface area contributed by atoms with E-state index in [2.05, 4.69) is 4.72 Å². The Balaban J connectivity index is 1.72. The van der Waals surface area contributed by atoms with Gasteiger partial charge in [-0.15, -0.1) is 0 Å². The predicted octanol–water partition coefficient (Wildman–Crippen LogP) is 7.25. The van der Waals surface area contributed by atoms with Crippen LogP contribution >= 0.6 is 23.5 Å². The number of hydrogen-bond acceptors (Lipinski definition) is 5. The first-order chi connectivity index (χ1) is 16.3. The summed E-state index contributed by atoms with van der Waals surface area (Å²) in [4.78, 5) is 25.3. The van der Waals surface area contributed by atoms with Crippen LogP contribution in [0.3, 0.4) is 0 Å². The molecule has 1 amide bonds. The highest BCUT2D eigenvalue weighted by Crippen LogP contribution is 2.40. The molecule has 184 valence electrons. The minimum Gasteiger partial charge on any atom is -0.468 e. The Morgan fingerprint density at radius 3 is 2.44 bits per heavy atom. The van der Waals surface area contributed by atoms with Crippen LogP contribution in [0.15, 0.2) is 54.6 Å². The summed E-state index contributed by atoms with van der Waals surface area (Å²) in [5, 5.41) is 0.165. The quantitative estimate of drug-likeness (QED) is 0.288. The van der Waals surface area contributed by atoms with Gasteiger partial charge in [0, 0.05) is 10.4 Å². The van der Waals surface area contributed by atoms with Crippen molar-refractivity contribution in [1.29, 1.82) is 0 Å². The minimum absolute atomic E-state index is 0.324. The van der Waals surface area contributed by atoms with Crippen LogP contribution in [0.5, 0.6) is 0 Å². The fraction of sp³-hybridized carbons (Fsp3) is 0.481. The fourth-order valence-electron chi connectivity index (χ4n) is 4.60. The highest BCUT2D eigenvalue weighted by molar-refractivity contribution is 7.99. The normalized spacial score (nSPS) is 16.4. The van der Waals surface area contributed by atoms with Gasteiger partial charge in [0.25, 0.3) is 0 Å². The second-order valence-electron chi connectivity index (χ2n) is 9.40. The van der Waals surface area contributed by atoms with Crippen molar-refractivity contribution in [1.82, 2.24) is 4.72 Å². The predicted molar refractivity (Wildman–Crippen MR) is 138 cm³/mol. The maximum atomic E-state index is 12.9. The van der Waals surface area contributed by atoms with Gasteiger partial charge in [-0.2, -0.15) is 0 Å². The molecule has 1 saturated carbocycles. The third kappa shape index (κ3) is 7.16. The molecule has 0 radical (unpaired) electrons. The van der Waals surface area contributed by atoms with E-state index in [1.807, 2.05) is 68.4 Å². The van der Waals surface area contributed by atoms with E-state index in [4.69, 9.17) is 21.1 Å². The minimum atomic E-state index is -0.591. The van der Waals surface area contributed by atoms with Crippen molar-refractivity contribution in [3.05, 3.63) is 70.7 Å². The molecule has 0 bridgehead atoms. The van der Waals surface area contributed by atoms with E-state index in [-0.39, 0.29) is 5.97 Å². The van der Waals surface area contributed by atoms with Gasteiger partial charge >= 0.3 is 12.1 Å². The van der Waals surface area contributed by atoms with Crippen LogP contribution in [-0.4, -0.2) is 24.4 Å². The summed E-state index contributed by atoms with van der Waals surface area (Å²) in [6.45, 7) is 4.05. The molecule has 2 aromatic rings. The SMILES string of the molecule is COC(=O)[C@H](CC1CCCCC1)SNC(=O)OC(c1ccccc1)C(C)(C)c1cccc(Cl)c1. The van der Waals surface area contributed by atoms with Gasteiger partial charge in [0.1, 0.15) is 11.4 Å². The second kappa shape index (κ2) is 12.5. The Hall–Kier alpha value is -2.18. The summed E-state index contributed by atoms with van der Waals surface area (Å²) < 4.78 is 13.7. The van der Waals surface area contributed by atoms with Gasteiger partial charge in [-0.05, 0) is 47.5 Å². The van der Waals surface area contributed by atoms with Crippen molar-refractivity contribution in [2.24, 2.45) is 5.92 Å². The lowest BCUT2D eigenvalue weighted by Crippen LogP contribution is -2.34. The van der Waals surface area contributed by atoms with Crippen molar-refractivity contribution in [3.63, 3.8) is 0 Å². The molecule has 2 atom stereocenters. The number of halogens is 1. The number of rotatable bonds is 9. The summed E-state index contributed by atoms with van der Waals surface area (Å²) in [6, 6.07) is 17.2. The average molecular weight is 504 g/mol. The van der Waals surface area contributed by atoms with Crippen LogP contribution in [0, 0.1) is 5.92 Å². The monoisotopic (exact) mass is 503 g/mol. The van der Waals surface area contributed by atoms with E-state index in [0.717, 1.165) is 35.9 Å². The molecule has 2 aromatic carbocycles. The number of nitrogens with one attached hydrogen (secondary N) is 1. The highest BCUT2D eigenvalue weighted by Gasteiger charge is 2.36. The zero-order valence-electron chi connectivity index (χ0n) is 20.1. The molecule has 0 spiro atoms. The van der Waals surface area contributed by atoms with E-state index < -0.39 is 22.9 Å². The Bertz CT molecular complexity index is 947. The summed E-state index contributed by atoms with van der Waals surface area (Å²) >= 11 is 7.33. The molecule has 1 unspecified atom stereocenters. The van der Waals surface area contributed by atoms with Crippen molar-refractivity contribution in [3.8, 4) is 0 Å². The third-order valence-electron chi connectivity index (χ3n) is 6.57. The molecule has 0 heterocycles. The molecular formula is C27H34ClNO4S. The smallest absolute Gasteiger partial charge is 0.417 e. The molecule has 0 aromatic heterocycles.